The van der Waals surface area contributed by atoms with Crippen molar-refractivity contribution < 1.29 is 9.59 Å². The average Bonchev–Trinajstić information content (AvgIpc) is 3.06. The molecule has 0 radical (unpaired) electrons. The zero-order chi connectivity index (χ0) is 15.7. The van der Waals surface area contributed by atoms with Gasteiger partial charge in [0.15, 0.2) is 0 Å². The molecular formula is C16H18N4O2. The maximum atomic E-state index is 12.3. The van der Waals surface area contributed by atoms with Crippen molar-refractivity contribution in [2.45, 2.75) is 13.3 Å². The minimum Gasteiger partial charge on any atom is -0.323 e. The normalized spacial score (nSPS) is 17.8. The number of anilines is 2. The van der Waals surface area contributed by atoms with E-state index in [1.807, 2.05) is 31.2 Å². The van der Waals surface area contributed by atoms with Crippen molar-refractivity contribution in [3.8, 4) is 0 Å². The quantitative estimate of drug-likeness (QED) is 0.938. The molecule has 22 heavy (non-hydrogen) atoms. The van der Waals surface area contributed by atoms with Crippen molar-refractivity contribution in [1.29, 1.82) is 0 Å². The van der Waals surface area contributed by atoms with Crippen LogP contribution >= 0.6 is 0 Å². The fraction of sp³-hybridized carbons (Fsp3) is 0.312. The molecule has 1 saturated heterocycles. The van der Waals surface area contributed by atoms with E-state index in [2.05, 4.69) is 10.4 Å². The Labute approximate surface area is 128 Å². The van der Waals surface area contributed by atoms with E-state index in [1.54, 1.807) is 29.0 Å². The molecule has 1 aromatic carbocycles. The van der Waals surface area contributed by atoms with E-state index in [0.29, 0.717) is 12.2 Å². The Morgan fingerprint density at radius 2 is 2.05 bits per heavy atom. The summed E-state index contributed by atoms with van der Waals surface area (Å²) in [5.74, 6) is -0.500. The number of nitrogens with one attached hydrogen (secondary N) is 1. The third kappa shape index (κ3) is 2.86. The highest BCUT2D eigenvalue weighted by Crippen LogP contribution is 2.26. The van der Waals surface area contributed by atoms with E-state index in [0.717, 1.165) is 11.3 Å². The summed E-state index contributed by atoms with van der Waals surface area (Å²) in [6, 6.07) is 7.75. The predicted octanol–water partition coefficient (Wildman–Crippen LogP) is 1.72. The number of carbonyl (C=O) groups is 2. The molecule has 6 nitrogen and oxygen atoms in total. The Bertz CT molecular complexity index is 705. The van der Waals surface area contributed by atoms with Gasteiger partial charge in [-0.3, -0.25) is 14.3 Å². The van der Waals surface area contributed by atoms with Crippen LogP contribution in [-0.4, -0.2) is 28.1 Å². The molecule has 2 heterocycles. The predicted molar refractivity (Wildman–Crippen MR) is 83.5 cm³/mol. The second-order valence-corrected chi connectivity index (χ2v) is 5.63. The summed E-state index contributed by atoms with van der Waals surface area (Å²) in [6.07, 6.45) is 3.55. The van der Waals surface area contributed by atoms with Crippen LogP contribution in [0.3, 0.4) is 0 Å². The monoisotopic (exact) mass is 298 g/mol. The first-order chi connectivity index (χ1) is 10.5. The minimum absolute atomic E-state index is 0.0183. The molecule has 114 valence electrons. The first-order valence-corrected chi connectivity index (χ1v) is 7.19. The molecule has 1 atom stereocenters. The maximum absolute atomic E-state index is 12.3. The molecule has 1 aromatic heterocycles. The fourth-order valence-electron chi connectivity index (χ4n) is 2.59. The van der Waals surface area contributed by atoms with Crippen LogP contribution in [0.2, 0.25) is 0 Å². The number of hydrogen-bond donors (Lipinski definition) is 1. The van der Waals surface area contributed by atoms with Crippen molar-refractivity contribution in [2.75, 3.05) is 16.8 Å². The number of hydrogen-bond acceptors (Lipinski definition) is 3. The largest absolute Gasteiger partial charge is 0.323 e. The number of nitrogens with zero attached hydrogens (tertiary/aromatic N) is 3. The van der Waals surface area contributed by atoms with Crippen LogP contribution in [0, 0.1) is 12.8 Å². The Hall–Kier alpha value is -2.63. The molecule has 1 N–H and O–H groups in total. The first kappa shape index (κ1) is 14.3. The summed E-state index contributed by atoms with van der Waals surface area (Å²) in [7, 11) is 1.79. The highest BCUT2D eigenvalue weighted by atomic mass is 16.2. The molecule has 2 amide bonds. The van der Waals surface area contributed by atoms with Crippen molar-refractivity contribution in [1.82, 2.24) is 9.78 Å². The van der Waals surface area contributed by atoms with Gasteiger partial charge >= 0.3 is 0 Å². The highest BCUT2D eigenvalue weighted by molar-refractivity contribution is 6.03. The van der Waals surface area contributed by atoms with Crippen LogP contribution in [0.5, 0.6) is 0 Å². The lowest BCUT2D eigenvalue weighted by atomic mass is 10.1. The number of carbonyl (C=O) groups excluding carboxylic acids is 2. The third-order valence-electron chi connectivity index (χ3n) is 3.81. The number of aryl methyl sites for hydroxylation is 2. The van der Waals surface area contributed by atoms with E-state index >= 15 is 0 Å². The van der Waals surface area contributed by atoms with Gasteiger partial charge in [-0.1, -0.05) is 17.7 Å². The van der Waals surface area contributed by atoms with Crippen LogP contribution < -0.4 is 10.2 Å². The summed E-state index contributed by atoms with van der Waals surface area (Å²) in [6.45, 7) is 2.41. The topological polar surface area (TPSA) is 67.2 Å². The van der Waals surface area contributed by atoms with E-state index in [-0.39, 0.29) is 24.2 Å². The zero-order valence-corrected chi connectivity index (χ0v) is 12.6. The number of aromatic nitrogens is 2. The fourth-order valence-corrected chi connectivity index (χ4v) is 2.59. The van der Waals surface area contributed by atoms with Gasteiger partial charge in [0.05, 0.1) is 17.8 Å². The Morgan fingerprint density at radius 1 is 1.32 bits per heavy atom. The molecule has 0 aliphatic carbocycles. The van der Waals surface area contributed by atoms with Crippen LogP contribution in [-0.2, 0) is 16.6 Å². The molecule has 0 saturated carbocycles. The summed E-state index contributed by atoms with van der Waals surface area (Å²) in [5, 5.41) is 6.81. The average molecular weight is 298 g/mol. The lowest BCUT2D eigenvalue weighted by Gasteiger charge is -2.16. The maximum Gasteiger partial charge on any atom is 0.229 e. The standard InChI is InChI=1S/C16H18N4O2/c1-11-3-5-14(6-4-11)20-9-12(7-15(20)21)16(22)18-13-8-17-19(2)10-13/h3-6,8,10,12H,7,9H2,1-2H3,(H,18,22)/t12-/m0/s1. The van der Waals surface area contributed by atoms with E-state index in [4.69, 9.17) is 0 Å². The van der Waals surface area contributed by atoms with E-state index in [1.165, 1.54) is 0 Å². The number of amides is 2. The van der Waals surface area contributed by atoms with Gasteiger partial charge in [-0.2, -0.15) is 5.10 Å². The summed E-state index contributed by atoms with van der Waals surface area (Å²) < 4.78 is 1.62. The summed E-state index contributed by atoms with van der Waals surface area (Å²) in [4.78, 5) is 26.1. The van der Waals surface area contributed by atoms with Gasteiger partial charge in [-0.05, 0) is 19.1 Å². The van der Waals surface area contributed by atoms with Gasteiger partial charge in [0.2, 0.25) is 11.8 Å². The molecule has 0 bridgehead atoms. The Kier molecular flexibility index (Phi) is 3.66. The Balaban J connectivity index is 1.68. The van der Waals surface area contributed by atoms with Gasteiger partial charge in [0.1, 0.15) is 0 Å². The molecule has 0 spiro atoms. The second-order valence-electron chi connectivity index (χ2n) is 5.63. The molecule has 1 aliphatic rings. The van der Waals surface area contributed by atoms with Gasteiger partial charge in [0.25, 0.3) is 0 Å². The van der Waals surface area contributed by atoms with Gasteiger partial charge in [0, 0.05) is 31.9 Å². The Morgan fingerprint density at radius 3 is 2.68 bits per heavy atom. The van der Waals surface area contributed by atoms with Gasteiger partial charge in [-0.25, -0.2) is 0 Å². The van der Waals surface area contributed by atoms with Crippen LogP contribution in [0.1, 0.15) is 12.0 Å². The molecule has 1 fully saturated rings. The molecule has 6 heteroatoms. The van der Waals surface area contributed by atoms with Crippen molar-refractivity contribution in [2.24, 2.45) is 13.0 Å². The lowest BCUT2D eigenvalue weighted by Crippen LogP contribution is -2.28. The van der Waals surface area contributed by atoms with E-state index < -0.39 is 0 Å². The van der Waals surface area contributed by atoms with Crippen molar-refractivity contribution >= 4 is 23.2 Å². The first-order valence-electron chi connectivity index (χ1n) is 7.19. The second kappa shape index (κ2) is 5.63. The molecule has 2 aromatic rings. The molecule has 3 rings (SSSR count). The third-order valence-corrected chi connectivity index (χ3v) is 3.81. The van der Waals surface area contributed by atoms with Crippen LogP contribution in [0.4, 0.5) is 11.4 Å². The van der Waals surface area contributed by atoms with Crippen LogP contribution in [0.15, 0.2) is 36.7 Å². The minimum atomic E-state index is -0.339. The number of rotatable bonds is 3. The van der Waals surface area contributed by atoms with Crippen molar-refractivity contribution in [3.05, 3.63) is 42.2 Å². The summed E-state index contributed by atoms with van der Waals surface area (Å²) in [5.41, 5.74) is 2.63. The SMILES string of the molecule is Cc1ccc(N2C[C@@H](C(=O)Nc3cnn(C)c3)CC2=O)cc1. The molecule has 1 aliphatic heterocycles. The molecule has 0 unspecified atom stereocenters. The highest BCUT2D eigenvalue weighted by Gasteiger charge is 2.35. The lowest BCUT2D eigenvalue weighted by molar-refractivity contribution is -0.122. The smallest absolute Gasteiger partial charge is 0.229 e. The number of benzene rings is 1. The van der Waals surface area contributed by atoms with Gasteiger partial charge in [-0.15, -0.1) is 0 Å². The summed E-state index contributed by atoms with van der Waals surface area (Å²) >= 11 is 0. The van der Waals surface area contributed by atoms with E-state index in [9.17, 15) is 9.59 Å². The van der Waals surface area contributed by atoms with Crippen molar-refractivity contribution in [3.63, 3.8) is 0 Å². The van der Waals surface area contributed by atoms with Crippen LogP contribution in [0.25, 0.3) is 0 Å². The van der Waals surface area contributed by atoms with Gasteiger partial charge < -0.3 is 10.2 Å². The molecular weight excluding hydrogens is 280 g/mol. The zero-order valence-electron chi connectivity index (χ0n) is 12.6.